The zero-order valence-corrected chi connectivity index (χ0v) is 17.0. The number of carbonyl (C=O) groups is 1. The lowest BCUT2D eigenvalue weighted by Gasteiger charge is -2.04. The Bertz CT molecular complexity index is 1120. The number of nitrogens with one attached hydrogen (secondary N) is 1. The Hall–Kier alpha value is -3.44. The second-order valence-corrected chi connectivity index (χ2v) is 7.61. The van der Waals surface area contributed by atoms with E-state index in [-0.39, 0.29) is 5.91 Å². The molecule has 1 amide bonds. The Morgan fingerprint density at radius 1 is 0.897 bits per heavy atom. The maximum absolute atomic E-state index is 12.6. The number of hydrogen-bond acceptors (Lipinski definition) is 4. The fourth-order valence-electron chi connectivity index (χ4n) is 2.98. The van der Waals surface area contributed by atoms with Gasteiger partial charge in [-0.1, -0.05) is 59.4 Å². The van der Waals surface area contributed by atoms with E-state index in [0.29, 0.717) is 10.7 Å². The molecule has 0 aliphatic carbocycles. The van der Waals surface area contributed by atoms with Gasteiger partial charge in [-0.2, -0.15) is 0 Å². The van der Waals surface area contributed by atoms with Gasteiger partial charge in [0.1, 0.15) is 5.75 Å². The molecule has 4 rings (SSSR count). The van der Waals surface area contributed by atoms with Crippen molar-refractivity contribution in [3.8, 4) is 27.4 Å². The standard InChI is InChI=1S/C24H20N2O2S/c1-16-8-10-19(11-9-16)23(27)26-24-25-21(17-6-4-3-5-7-17)22(29-24)18-12-14-20(28-2)15-13-18/h3-15H,1-2H3,(H,25,26,27). The first-order chi connectivity index (χ1) is 14.1. The Morgan fingerprint density at radius 2 is 1.59 bits per heavy atom. The summed E-state index contributed by atoms with van der Waals surface area (Å²) in [6.07, 6.45) is 0. The summed E-state index contributed by atoms with van der Waals surface area (Å²) >= 11 is 1.46. The number of aryl methyl sites for hydroxylation is 1. The van der Waals surface area contributed by atoms with Crippen LogP contribution in [0.4, 0.5) is 5.13 Å². The molecule has 0 bridgehead atoms. The van der Waals surface area contributed by atoms with E-state index in [1.54, 1.807) is 7.11 Å². The van der Waals surface area contributed by atoms with Crippen molar-refractivity contribution in [3.63, 3.8) is 0 Å². The first-order valence-electron chi connectivity index (χ1n) is 9.23. The van der Waals surface area contributed by atoms with E-state index in [9.17, 15) is 4.79 Å². The molecule has 0 aliphatic rings. The van der Waals surface area contributed by atoms with E-state index >= 15 is 0 Å². The molecule has 1 aromatic heterocycles. The zero-order chi connectivity index (χ0) is 20.2. The molecular weight excluding hydrogens is 380 g/mol. The third kappa shape index (κ3) is 4.20. The van der Waals surface area contributed by atoms with Crippen molar-refractivity contribution < 1.29 is 9.53 Å². The molecule has 3 aromatic carbocycles. The lowest BCUT2D eigenvalue weighted by Crippen LogP contribution is -2.11. The number of carbonyl (C=O) groups excluding carboxylic acids is 1. The Balaban J connectivity index is 1.71. The van der Waals surface area contributed by atoms with Gasteiger partial charge in [0, 0.05) is 11.1 Å². The number of hydrogen-bond donors (Lipinski definition) is 1. The molecule has 0 radical (unpaired) electrons. The average molecular weight is 401 g/mol. The summed E-state index contributed by atoms with van der Waals surface area (Å²) in [5, 5.41) is 3.51. The smallest absolute Gasteiger partial charge is 0.257 e. The molecule has 1 heterocycles. The van der Waals surface area contributed by atoms with Crippen molar-refractivity contribution in [1.82, 2.24) is 4.98 Å². The summed E-state index contributed by atoms with van der Waals surface area (Å²) in [5.41, 5.74) is 4.60. The summed E-state index contributed by atoms with van der Waals surface area (Å²) in [5.74, 6) is 0.632. The van der Waals surface area contributed by atoms with Crippen LogP contribution < -0.4 is 10.1 Å². The van der Waals surface area contributed by atoms with Gasteiger partial charge >= 0.3 is 0 Å². The number of amides is 1. The monoisotopic (exact) mass is 400 g/mol. The Morgan fingerprint density at radius 3 is 2.24 bits per heavy atom. The summed E-state index contributed by atoms with van der Waals surface area (Å²) in [4.78, 5) is 18.4. The van der Waals surface area contributed by atoms with Crippen molar-refractivity contribution in [2.24, 2.45) is 0 Å². The van der Waals surface area contributed by atoms with Gasteiger partial charge in [0.2, 0.25) is 0 Å². The molecule has 0 atom stereocenters. The fourth-order valence-corrected chi connectivity index (χ4v) is 3.97. The number of nitrogens with zero attached hydrogens (tertiary/aromatic N) is 1. The quantitative estimate of drug-likeness (QED) is 0.444. The van der Waals surface area contributed by atoms with E-state index in [1.807, 2.05) is 85.8 Å². The van der Waals surface area contributed by atoms with Crippen LogP contribution in [-0.2, 0) is 0 Å². The number of methoxy groups -OCH3 is 1. The van der Waals surface area contributed by atoms with Gasteiger partial charge in [0.05, 0.1) is 17.7 Å². The Kier molecular flexibility index (Phi) is 5.40. The highest BCUT2D eigenvalue weighted by Crippen LogP contribution is 2.39. The van der Waals surface area contributed by atoms with Crippen molar-refractivity contribution in [3.05, 3.63) is 90.0 Å². The van der Waals surface area contributed by atoms with E-state index < -0.39 is 0 Å². The highest BCUT2D eigenvalue weighted by molar-refractivity contribution is 7.19. The molecule has 0 unspecified atom stereocenters. The number of benzene rings is 3. The Labute approximate surface area is 173 Å². The van der Waals surface area contributed by atoms with Gasteiger partial charge in [0.15, 0.2) is 5.13 Å². The summed E-state index contributed by atoms with van der Waals surface area (Å²) in [7, 11) is 1.65. The molecule has 0 fully saturated rings. The van der Waals surface area contributed by atoms with Crippen LogP contribution in [0.3, 0.4) is 0 Å². The molecule has 0 saturated heterocycles. The number of thiazole rings is 1. The van der Waals surface area contributed by atoms with Crippen LogP contribution in [0.2, 0.25) is 0 Å². The normalized spacial score (nSPS) is 10.6. The lowest BCUT2D eigenvalue weighted by atomic mass is 10.1. The van der Waals surface area contributed by atoms with Crippen molar-refractivity contribution in [2.75, 3.05) is 12.4 Å². The van der Waals surface area contributed by atoms with E-state index in [2.05, 4.69) is 5.32 Å². The molecule has 29 heavy (non-hydrogen) atoms. The lowest BCUT2D eigenvalue weighted by molar-refractivity contribution is 0.102. The molecule has 4 aromatic rings. The number of anilines is 1. The topological polar surface area (TPSA) is 51.2 Å². The van der Waals surface area contributed by atoms with Crippen LogP contribution in [0.25, 0.3) is 21.7 Å². The third-order valence-electron chi connectivity index (χ3n) is 4.56. The maximum atomic E-state index is 12.6. The van der Waals surface area contributed by atoms with Crippen molar-refractivity contribution in [2.45, 2.75) is 6.92 Å². The van der Waals surface area contributed by atoms with E-state index in [0.717, 1.165) is 33.0 Å². The molecule has 4 nitrogen and oxygen atoms in total. The number of aromatic nitrogens is 1. The van der Waals surface area contributed by atoms with Crippen molar-refractivity contribution >= 4 is 22.4 Å². The van der Waals surface area contributed by atoms with Gasteiger partial charge in [-0.05, 0) is 48.9 Å². The maximum Gasteiger partial charge on any atom is 0.257 e. The first kappa shape index (κ1) is 18.9. The summed E-state index contributed by atoms with van der Waals surface area (Å²) in [6.45, 7) is 2.00. The molecule has 5 heteroatoms. The second-order valence-electron chi connectivity index (χ2n) is 6.61. The van der Waals surface area contributed by atoms with Crippen LogP contribution in [-0.4, -0.2) is 18.0 Å². The minimum absolute atomic E-state index is 0.167. The minimum Gasteiger partial charge on any atom is -0.497 e. The van der Waals surface area contributed by atoms with Crippen LogP contribution in [0, 0.1) is 6.92 Å². The van der Waals surface area contributed by atoms with Gasteiger partial charge in [0.25, 0.3) is 5.91 Å². The van der Waals surface area contributed by atoms with Gasteiger partial charge in [-0.15, -0.1) is 0 Å². The van der Waals surface area contributed by atoms with Crippen LogP contribution in [0.5, 0.6) is 5.75 Å². The van der Waals surface area contributed by atoms with Gasteiger partial charge in [-0.3, -0.25) is 10.1 Å². The van der Waals surface area contributed by atoms with Crippen LogP contribution in [0.15, 0.2) is 78.9 Å². The SMILES string of the molecule is COc1ccc(-c2sc(NC(=O)c3ccc(C)cc3)nc2-c2ccccc2)cc1. The predicted octanol–water partition coefficient (Wildman–Crippen LogP) is 6.05. The average Bonchev–Trinajstić information content (AvgIpc) is 3.18. The number of rotatable bonds is 5. The first-order valence-corrected chi connectivity index (χ1v) is 10.0. The van der Waals surface area contributed by atoms with E-state index in [1.165, 1.54) is 11.3 Å². The summed E-state index contributed by atoms with van der Waals surface area (Å²) < 4.78 is 5.27. The molecule has 1 N–H and O–H groups in total. The van der Waals surface area contributed by atoms with Gasteiger partial charge in [-0.25, -0.2) is 4.98 Å². The van der Waals surface area contributed by atoms with Crippen LogP contribution in [0.1, 0.15) is 15.9 Å². The summed E-state index contributed by atoms with van der Waals surface area (Å²) in [6, 6.07) is 25.3. The third-order valence-corrected chi connectivity index (χ3v) is 5.58. The van der Waals surface area contributed by atoms with E-state index in [4.69, 9.17) is 9.72 Å². The molecule has 144 valence electrons. The highest BCUT2D eigenvalue weighted by atomic mass is 32.1. The minimum atomic E-state index is -0.167. The van der Waals surface area contributed by atoms with Gasteiger partial charge < -0.3 is 4.74 Å². The number of ether oxygens (including phenoxy) is 1. The predicted molar refractivity (Wildman–Crippen MR) is 119 cm³/mol. The highest BCUT2D eigenvalue weighted by Gasteiger charge is 2.17. The second kappa shape index (κ2) is 8.29. The molecule has 0 saturated carbocycles. The molecule has 0 aliphatic heterocycles. The molecular formula is C24H20N2O2S. The zero-order valence-electron chi connectivity index (χ0n) is 16.2. The van der Waals surface area contributed by atoms with Crippen molar-refractivity contribution in [1.29, 1.82) is 0 Å². The van der Waals surface area contributed by atoms with Crippen LogP contribution >= 0.6 is 11.3 Å². The largest absolute Gasteiger partial charge is 0.497 e. The fraction of sp³-hybridized carbons (Fsp3) is 0.0833. The molecule has 0 spiro atoms.